The number of benzene rings is 1. The molecule has 1 aliphatic carbocycles. The first-order valence-electron chi connectivity index (χ1n) is 11.7. The van der Waals surface area contributed by atoms with Crippen LogP contribution in [-0.2, 0) is 0 Å². The average Bonchev–Trinajstić information content (AvgIpc) is 2.95. The van der Waals surface area contributed by atoms with Crippen molar-refractivity contribution >= 4 is 22.7 Å². The third-order valence-corrected chi connectivity index (χ3v) is 7.25. The highest BCUT2D eigenvalue weighted by Crippen LogP contribution is 2.45. The average molecular weight is 410 g/mol. The SMILES string of the molecule is Cc1c(C(=O)N2CCCCCC2)oc2ccc3c(c12)C(=O)CC1(CCCCCC1)O3. The third kappa shape index (κ3) is 3.32. The monoisotopic (exact) mass is 409 g/mol. The Hall–Kier alpha value is -2.30. The minimum absolute atomic E-state index is 0.0521. The molecule has 2 fully saturated rings. The fraction of sp³-hybridized carbons (Fsp3) is 0.600. The first-order chi connectivity index (χ1) is 14.6. The maximum atomic E-state index is 13.3. The van der Waals surface area contributed by atoms with Crippen LogP contribution in [0.5, 0.6) is 5.75 Å². The van der Waals surface area contributed by atoms with Gasteiger partial charge in [-0.2, -0.15) is 0 Å². The number of furan rings is 1. The number of aryl methyl sites for hydroxylation is 1. The molecule has 2 aliphatic heterocycles. The number of ketones is 1. The van der Waals surface area contributed by atoms with Gasteiger partial charge in [-0.25, -0.2) is 0 Å². The molecule has 5 heteroatoms. The molecule has 2 aromatic rings. The van der Waals surface area contributed by atoms with Crippen LogP contribution in [0.15, 0.2) is 16.5 Å². The van der Waals surface area contributed by atoms with Gasteiger partial charge in [0.15, 0.2) is 11.5 Å². The maximum absolute atomic E-state index is 13.3. The highest BCUT2D eigenvalue weighted by Gasteiger charge is 2.42. The lowest BCUT2D eigenvalue weighted by molar-refractivity contribution is 0.0301. The van der Waals surface area contributed by atoms with Crippen molar-refractivity contribution in [2.75, 3.05) is 13.1 Å². The van der Waals surface area contributed by atoms with E-state index in [9.17, 15) is 9.59 Å². The predicted octanol–water partition coefficient (Wildman–Crippen LogP) is 5.82. The lowest BCUT2D eigenvalue weighted by atomic mass is 9.83. The quantitative estimate of drug-likeness (QED) is 0.596. The topological polar surface area (TPSA) is 59.8 Å². The standard InChI is InChI=1S/C25H31NO4/c1-17-21-19(29-23(17)24(28)26-14-8-4-5-9-15-26)10-11-20-22(21)18(27)16-25(30-20)12-6-2-3-7-13-25/h10-11H,2-9,12-16H2,1H3. The molecule has 1 aromatic carbocycles. The first kappa shape index (κ1) is 19.7. The van der Waals surface area contributed by atoms with Crippen LogP contribution in [-0.4, -0.2) is 35.3 Å². The van der Waals surface area contributed by atoms with E-state index < -0.39 is 0 Å². The fourth-order valence-electron chi connectivity index (χ4n) is 5.61. The summed E-state index contributed by atoms with van der Waals surface area (Å²) in [4.78, 5) is 28.4. The van der Waals surface area contributed by atoms with Crippen LogP contribution >= 0.6 is 0 Å². The number of hydrogen-bond acceptors (Lipinski definition) is 4. The fourth-order valence-corrected chi connectivity index (χ4v) is 5.61. The number of amides is 1. The lowest BCUT2D eigenvalue weighted by Crippen LogP contribution is -2.41. The van der Waals surface area contributed by atoms with Crippen LogP contribution < -0.4 is 4.74 Å². The molecule has 3 heterocycles. The van der Waals surface area contributed by atoms with Crippen LogP contribution in [0.4, 0.5) is 0 Å². The Morgan fingerprint density at radius 2 is 1.63 bits per heavy atom. The Morgan fingerprint density at radius 3 is 2.33 bits per heavy atom. The minimum atomic E-state index is -0.351. The Balaban J connectivity index is 1.53. The minimum Gasteiger partial charge on any atom is -0.486 e. The molecule has 1 amide bonds. The van der Waals surface area contributed by atoms with Gasteiger partial charge in [0.25, 0.3) is 5.91 Å². The highest BCUT2D eigenvalue weighted by atomic mass is 16.5. The molecule has 30 heavy (non-hydrogen) atoms. The zero-order valence-electron chi connectivity index (χ0n) is 17.9. The van der Waals surface area contributed by atoms with Crippen LogP contribution in [0.1, 0.15) is 97.1 Å². The number of ether oxygens (including phenoxy) is 1. The van der Waals surface area contributed by atoms with E-state index in [1.165, 1.54) is 25.7 Å². The van der Waals surface area contributed by atoms with E-state index >= 15 is 0 Å². The van der Waals surface area contributed by atoms with E-state index in [2.05, 4.69) is 0 Å². The number of nitrogens with zero attached hydrogens (tertiary/aromatic N) is 1. The number of fused-ring (bicyclic) bond motifs is 3. The second-order valence-corrected chi connectivity index (χ2v) is 9.37. The van der Waals surface area contributed by atoms with E-state index in [1.54, 1.807) is 0 Å². The molecule has 0 N–H and O–H groups in total. The Bertz CT molecular complexity index is 973. The molecule has 5 nitrogen and oxygen atoms in total. The summed E-state index contributed by atoms with van der Waals surface area (Å²) < 4.78 is 12.5. The van der Waals surface area contributed by atoms with Crippen molar-refractivity contribution in [3.8, 4) is 5.75 Å². The van der Waals surface area contributed by atoms with Crippen molar-refractivity contribution < 1.29 is 18.7 Å². The summed E-state index contributed by atoms with van der Waals surface area (Å²) in [5.41, 5.74) is 1.64. The van der Waals surface area contributed by atoms with Crippen LogP contribution in [0.3, 0.4) is 0 Å². The van der Waals surface area contributed by atoms with Crippen molar-refractivity contribution in [3.05, 3.63) is 29.0 Å². The number of Topliss-reactive ketones (excluding diaryl/α,β-unsaturated/α-hetero) is 1. The molecule has 1 saturated carbocycles. The van der Waals surface area contributed by atoms with Crippen molar-refractivity contribution in [1.29, 1.82) is 0 Å². The van der Waals surface area contributed by atoms with Crippen LogP contribution in [0, 0.1) is 6.92 Å². The van der Waals surface area contributed by atoms with Crippen molar-refractivity contribution in [2.45, 2.75) is 83.2 Å². The van der Waals surface area contributed by atoms with Gasteiger partial charge in [-0.3, -0.25) is 9.59 Å². The van der Waals surface area contributed by atoms with Crippen molar-refractivity contribution in [1.82, 2.24) is 4.90 Å². The van der Waals surface area contributed by atoms with E-state index in [0.717, 1.165) is 62.6 Å². The molecule has 1 aromatic heterocycles. The largest absolute Gasteiger partial charge is 0.486 e. The van der Waals surface area contributed by atoms with Crippen molar-refractivity contribution in [2.24, 2.45) is 0 Å². The summed E-state index contributed by atoms with van der Waals surface area (Å²) in [6, 6.07) is 3.73. The lowest BCUT2D eigenvalue weighted by Gasteiger charge is -2.37. The number of hydrogen-bond donors (Lipinski definition) is 0. The second-order valence-electron chi connectivity index (χ2n) is 9.37. The van der Waals surface area contributed by atoms with Gasteiger partial charge in [0.05, 0.1) is 12.0 Å². The summed E-state index contributed by atoms with van der Waals surface area (Å²) in [5.74, 6) is 1.12. The van der Waals surface area contributed by atoms with Crippen LogP contribution in [0.25, 0.3) is 11.0 Å². The normalized spacial score (nSPS) is 21.8. The molecule has 3 aliphatic rings. The summed E-state index contributed by atoms with van der Waals surface area (Å²) in [6.45, 7) is 3.45. The van der Waals surface area contributed by atoms with Gasteiger partial charge in [-0.1, -0.05) is 25.7 Å². The molecule has 1 saturated heterocycles. The number of likely N-dealkylation sites (tertiary alicyclic amines) is 1. The molecule has 0 atom stereocenters. The molecule has 160 valence electrons. The molecule has 1 spiro atoms. The number of carbonyl (C=O) groups is 2. The number of carbonyl (C=O) groups excluding carboxylic acids is 2. The Labute approximate surface area is 177 Å². The van der Waals surface area contributed by atoms with Gasteiger partial charge in [-0.05, 0) is 57.6 Å². The number of rotatable bonds is 1. The van der Waals surface area contributed by atoms with Crippen molar-refractivity contribution in [3.63, 3.8) is 0 Å². The second kappa shape index (κ2) is 7.75. The highest BCUT2D eigenvalue weighted by molar-refractivity contribution is 6.13. The van der Waals surface area contributed by atoms with E-state index in [1.807, 2.05) is 24.0 Å². The van der Waals surface area contributed by atoms with E-state index in [0.29, 0.717) is 29.1 Å². The van der Waals surface area contributed by atoms with Crippen LogP contribution in [0.2, 0.25) is 0 Å². The molecule has 0 unspecified atom stereocenters. The smallest absolute Gasteiger partial charge is 0.289 e. The zero-order valence-corrected chi connectivity index (χ0v) is 17.9. The molecule has 0 bridgehead atoms. The first-order valence-corrected chi connectivity index (χ1v) is 11.7. The summed E-state index contributed by atoms with van der Waals surface area (Å²) >= 11 is 0. The molecular weight excluding hydrogens is 378 g/mol. The summed E-state index contributed by atoms with van der Waals surface area (Å²) in [5, 5.41) is 0.763. The Morgan fingerprint density at radius 1 is 0.967 bits per heavy atom. The zero-order chi connectivity index (χ0) is 20.7. The Kier molecular flexibility index (Phi) is 5.08. The van der Waals surface area contributed by atoms with Gasteiger partial charge in [0, 0.05) is 24.0 Å². The van der Waals surface area contributed by atoms with Gasteiger partial charge in [-0.15, -0.1) is 0 Å². The molecule has 0 radical (unpaired) electrons. The molecule has 5 rings (SSSR count). The van der Waals surface area contributed by atoms with E-state index in [-0.39, 0.29) is 17.3 Å². The predicted molar refractivity (Wildman–Crippen MR) is 115 cm³/mol. The van der Waals surface area contributed by atoms with Gasteiger partial charge in [0.2, 0.25) is 0 Å². The maximum Gasteiger partial charge on any atom is 0.289 e. The molecular formula is C25H31NO4. The third-order valence-electron chi connectivity index (χ3n) is 7.25. The van der Waals surface area contributed by atoms with Gasteiger partial charge < -0.3 is 14.1 Å². The van der Waals surface area contributed by atoms with E-state index in [4.69, 9.17) is 9.15 Å². The summed E-state index contributed by atoms with van der Waals surface area (Å²) in [7, 11) is 0. The van der Waals surface area contributed by atoms with Gasteiger partial charge in [0.1, 0.15) is 16.9 Å². The van der Waals surface area contributed by atoms with Gasteiger partial charge >= 0.3 is 0 Å². The summed E-state index contributed by atoms with van der Waals surface area (Å²) in [6.07, 6.45) is 11.4.